The van der Waals surface area contributed by atoms with E-state index in [-0.39, 0.29) is 29.1 Å². The highest BCUT2D eigenvalue weighted by Crippen LogP contribution is 2.54. The molecular formula is C30H24BrN3O5S2. The lowest BCUT2D eigenvalue weighted by atomic mass is 9.83. The number of imide groups is 1. The number of para-hydroxylation sites is 1. The Morgan fingerprint density at radius 3 is 2.37 bits per heavy atom. The second kappa shape index (κ2) is 11.0. The van der Waals surface area contributed by atoms with Crippen LogP contribution in [0, 0.1) is 12.8 Å². The minimum atomic E-state index is -0.759. The molecule has 0 aliphatic carbocycles. The first kappa shape index (κ1) is 27.5. The van der Waals surface area contributed by atoms with Crippen LogP contribution in [-0.2, 0) is 20.9 Å². The predicted molar refractivity (Wildman–Crippen MR) is 163 cm³/mol. The van der Waals surface area contributed by atoms with E-state index in [2.05, 4.69) is 21.2 Å². The zero-order valence-electron chi connectivity index (χ0n) is 22.0. The minimum absolute atomic E-state index is 0.208. The van der Waals surface area contributed by atoms with E-state index >= 15 is 0 Å². The SMILES string of the molecule is COc1ccc(N2C(=O)C3Sc4c(sc(=O)n4CC(=O)Nc4ccccc4C)[C@H](c4ccc(Br)cc4)C3C2=O)cc1. The van der Waals surface area contributed by atoms with Gasteiger partial charge in [0.15, 0.2) is 0 Å². The van der Waals surface area contributed by atoms with Gasteiger partial charge >= 0.3 is 4.87 Å². The van der Waals surface area contributed by atoms with E-state index in [1.807, 2.05) is 49.4 Å². The van der Waals surface area contributed by atoms with Gasteiger partial charge in [0.2, 0.25) is 17.7 Å². The lowest BCUT2D eigenvalue weighted by Gasteiger charge is -2.30. The predicted octanol–water partition coefficient (Wildman–Crippen LogP) is 5.42. The zero-order valence-corrected chi connectivity index (χ0v) is 25.2. The largest absolute Gasteiger partial charge is 0.497 e. The van der Waals surface area contributed by atoms with Crippen molar-refractivity contribution in [1.82, 2.24) is 4.57 Å². The third-order valence-corrected chi connectivity index (χ3v) is 10.5. The van der Waals surface area contributed by atoms with Crippen LogP contribution in [0.1, 0.15) is 21.9 Å². The Balaban J connectivity index is 1.40. The lowest BCUT2D eigenvalue weighted by molar-refractivity contribution is -0.122. The van der Waals surface area contributed by atoms with Crippen molar-refractivity contribution in [1.29, 1.82) is 0 Å². The number of amides is 3. The number of anilines is 2. The Morgan fingerprint density at radius 2 is 1.68 bits per heavy atom. The molecule has 41 heavy (non-hydrogen) atoms. The molecule has 0 radical (unpaired) electrons. The Kier molecular flexibility index (Phi) is 7.35. The van der Waals surface area contributed by atoms with Gasteiger partial charge in [-0.15, -0.1) is 0 Å². The second-order valence-electron chi connectivity index (χ2n) is 9.79. The zero-order chi connectivity index (χ0) is 28.8. The topological polar surface area (TPSA) is 97.7 Å². The van der Waals surface area contributed by atoms with Crippen LogP contribution in [0.2, 0.25) is 0 Å². The Labute approximate surface area is 252 Å². The summed E-state index contributed by atoms with van der Waals surface area (Å²) >= 11 is 5.69. The van der Waals surface area contributed by atoms with Gasteiger partial charge in [0.1, 0.15) is 17.5 Å². The van der Waals surface area contributed by atoms with E-state index in [1.54, 1.807) is 37.4 Å². The van der Waals surface area contributed by atoms with E-state index < -0.39 is 17.1 Å². The molecule has 1 saturated heterocycles. The van der Waals surface area contributed by atoms with Crippen molar-refractivity contribution in [3.63, 3.8) is 0 Å². The van der Waals surface area contributed by atoms with Crippen molar-refractivity contribution >= 4 is 68.1 Å². The van der Waals surface area contributed by atoms with Crippen molar-refractivity contribution in [2.24, 2.45) is 5.92 Å². The van der Waals surface area contributed by atoms with E-state index in [0.717, 1.165) is 26.9 Å². The van der Waals surface area contributed by atoms with Gasteiger partial charge in [-0.3, -0.25) is 23.7 Å². The maximum absolute atomic E-state index is 14.0. The number of benzene rings is 3. The monoisotopic (exact) mass is 649 g/mol. The summed E-state index contributed by atoms with van der Waals surface area (Å²) in [7, 11) is 1.55. The summed E-state index contributed by atoms with van der Waals surface area (Å²) in [5, 5.41) is 2.67. The number of rotatable bonds is 6. The number of nitrogens with one attached hydrogen (secondary N) is 1. The maximum atomic E-state index is 14.0. The number of thioether (sulfide) groups is 1. The highest BCUT2D eigenvalue weighted by atomic mass is 79.9. The summed E-state index contributed by atoms with van der Waals surface area (Å²) in [5.74, 6) is -1.64. The normalized spacial score (nSPS) is 19.6. The van der Waals surface area contributed by atoms with Crippen molar-refractivity contribution in [2.75, 3.05) is 17.3 Å². The highest BCUT2D eigenvalue weighted by molar-refractivity contribution is 9.10. The molecule has 3 aromatic carbocycles. The summed E-state index contributed by atoms with van der Waals surface area (Å²) in [6, 6.07) is 21.8. The Hall–Kier alpha value is -3.67. The average molecular weight is 651 g/mol. The van der Waals surface area contributed by atoms with Crippen LogP contribution in [0.15, 0.2) is 87.1 Å². The fourth-order valence-corrected chi connectivity index (χ4v) is 8.35. The molecule has 11 heteroatoms. The van der Waals surface area contributed by atoms with Gasteiger partial charge in [-0.05, 0) is 60.5 Å². The average Bonchev–Trinajstić information content (AvgIpc) is 3.41. The van der Waals surface area contributed by atoms with Gasteiger partial charge in [-0.2, -0.15) is 0 Å². The van der Waals surface area contributed by atoms with Crippen LogP contribution in [0.25, 0.3) is 0 Å². The summed E-state index contributed by atoms with van der Waals surface area (Å²) in [4.78, 5) is 55.8. The van der Waals surface area contributed by atoms with E-state index in [9.17, 15) is 19.2 Å². The van der Waals surface area contributed by atoms with Gasteiger partial charge in [-0.25, -0.2) is 4.90 Å². The van der Waals surface area contributed by atoms with Crippen molar-refractivity contribution in [3.8, 4) is 5.75 Å². The summed E-state index contributed by atoms with van der Waals surface area (Å²) in [6.45, 7) is 1.69. The molecule has 1 N–H and O–H groups in total. The van der Waals surface area contributed by atoms with Crippen LogP contribution >= 0.6 is 39.0 Å². The first-order valence-corrected chi connectivity index (χ1v) is 15.3. The summed E-state index contributed by atoms with van der Waals surface area (Å²) < 4.78 is 7.53. The van der Waals surface area contributed by atoms with E-state index in [4.69, 9.17) is 4.74 Å². The highest BCUT2D eigenvalue weighted by Gasteiger charge is 2.56. The molecule has 3 amide bonds. The van der Waals surface area contributed by atoms with Crippen molar-refractivity contribution in [3.05, 3.63) is 103 Å². The smallest absolute Gasteiger partial charge is 0.308 e. The molecule has 2 unspecified atom stereocenters. The number of halogens is 1. The first-order chi connectivity index (χ1) is 19.8. The quantitative estimate of drug-likeness (QED) is 0.280. The number of hydrogen-bond donors (Lipinski definition) is 1. The molecule has 0 saturated carbocycles. The molecule has 2 aliphatic rings. The van der Waals surface area contributed by atoms with Crippen molar-refractivity contribution < 1.29 is 19.1 Å². The number of aromatic nitrogens is 1. The standard InChI is InChI=1S/C30H24BrN3O5S2/c1-16-5-3-4-6-21(16)32-22(35)15-33-29-26(41-30(33)38)23(17-7-9-18(31)10-8-17)24-25(40-29)28(37)34(27(24)36)19-11-13-20(39-2)14-12-19/h3-14,23-25H,15H2,1-2H3,(H,32,35)/t23-,24?,25?/m1/s1. The number of fused-ring (bicyclic) bond motifs is 2. The van der Waals surface area contributed by atoms with Crippen molar-refractivity contribution in [2.45, 2.75) is 29.7 Å². The van der Waals surface area contributed by atoms with Crippen LogP contribution in [0.3, 0.4) is 0 Å². The maximum Gasteiger partial charge on any atom is 0.308 e. The number of carbonyl (C=O) groups excluding carboxylic acids is 3. The van der Waals surface area contributed by atoms with Gasteiger partial charge in [0.05, 0.1) is 23.7 Å². The van der Waals surface area contributed by atoms with Crippen LogP contribution in [0.5, 0.6) is 5.75 Å². The Bertz CT molecular complexity index is 1730. The van der Waals surface area contributed by atoms with Gasteiger partial charge in [0.25, 0.3) is 0 Å². The molecule has 0 spiro atoms. The molecular weight excluding hydrogens is 626 g/mol. The number of thiazole rings is 1. The number of carbonyl (C=O) groups is 3. The molecule has 8 nitrogen and oxygen atoms in total. The first-order valence-electron chi connectivity index (χ1n) is 12.8. The van der Waals surface area contributed by atoms with Gasteiger partial charge < -0.3 is 10.1 Å². The molecule has 208 valence electrons. The fourth-order valence-electron chi connectivity index (χ4n) is 5.32. The third-order valence-electron chi connectivity index (χ3n) is 7.33. The molecule has 1 aromatic heterocycles. The fraction of sp³-hybridized carbons (Fsp3) is 0.200. The van der Waals surface area contributed by atoms with Crippen LogP contribution in [0.4, 0.5) is 11.4 Å². The van der Waals surface area contributed by atoms with E-state index in [0.29, 0.717) is 27.0 Å². The third kappa shape index (κ3) is 4.92. The van der Waals surface area contributed by atoms with Gasteiger partial charge in [-0.1, -0.05) is 69.4 Å². The summed E-state index contributed by atoms with van der Waals surface area (Å²) in [6.07, 6.45) is 0. The number of hydrogen-bond acceptors (Lipinski definition) is 7. The Morgan fingerprint density at radius 1 is 0.976 bits per heavy atom. The molecule has 2 aliphatic heterocycles. The molecule has 3 heterocycles. The summed E-state index contributed by atoms with van der Waals surface area (Å²) in [5.41, 5.74) is 2.85. The molecule has 6 rings (SSSR count). The molecule has 0 bridgehead atoms. The molecule has 3 atom stereocenters. The second-order valence-corrected chi connectivity index (χ2v) is 12.8. The number of aryl methyl sites for hydroxylation is 1. The van der Waals surface area contributed by atoms with Crippen LogP contribution < -0.4 is 19.8 Å². The van der Waals surface area contributed by atoms with Gasteiger partial charge in [0, 0.05) is 21.0 Å². The number of nitrogens with zero attached hydrogens (tertiary/aromatic N) is 2. The number of methoxy groups -OCH3 is 1. The number of ether oxygens (including phenoxy) is 1. The van der Waals surface area contributed by atoms with E-state index in [1.165, 1.54) is 21.2 Å². The van der Waals surface area contributed by atoms with Crippen LogP contribution in [-0.4, -0.2) is 34.6 Å². The molecule has 4 aromatic rings. The minimum Gasteiger partial charge on any atom is -0.497 e. The lowest BCUT2D eigenvalue weighted by Crippen LogP contribution is -2.33. The molecule has 1 fully saturated rings.